The van der Waals surface area contributed by atoms with E-state index in [2.05, 4.69) is 9.97 Å². The molecule has 0 radical (unpaired) electrons. The van der Waals surface area contributed by atoms with Gasteiger partial charge in [0.05, 0.1) is 6.20 Å². The van der Waals surface area contributed by atoms with Crippen molar-refractivity contribution in [1.82, 2.24) is 9.97 Å². The third-order valence-electron chi connectivity index (χ3n) is 2.32. The van der Waals surface area contributed by atoms with E-state index in [0.717, 1.165) is 11.1 Å². The number of hydrogen-bond donors (Lipinski definition) is 1. The Morgan fingerprint density at radius 3 is 2.75 bits per heavy atom. The van der Waals surface area contributed by atoms with Gasteiger partial charge in [0.1, 0.15) is 17.5 Å². The molecule has 2 rings (SSSR count). The third-order valence-corrected chi connectivity index (χ3v) is 2.32. The van der Waals surface area contributed by atoms with Crippen LogP contribution in [-0.2, 0) is 0 Å². The lowest BCUT2D eigenvalue weighted by molar-refractivity contribution is 1.10. The number of nitrogens with one attached hydrogen (secondary N) is 1. The number of nitriles is 1. The van der Waals surface area contributed by atoms with Gasteiger partial charge >= 0.3 is 0 Å². The summed E-state index contributed by atoms with van der Waals surface area (Å²) in [7, 11) is 0. The van der Waals surface area contributed by atoms with Crippen LogP contribution >= 0.6 is 0 Å². The van der Waals surface area contributed by atoms with Crippen molar-refractivity contribution in [3.63, 3.8) is 0 Å². The minimum Gasteiger partial charge on any atom is -0.305 e. The highest BCUT2D eigenvalue weighted by Gasteiger charge is 2.05. The fraction of sp³-hybridized carbons (Fsp3) is 0.0833. The van der Waals surface area contributed by atoms with Gasteiger partial charge in [-0.1, -0.05) is 24.3 Å². The summed E-state index contributed by atoms with van der Waals surface area (Å²) in [5, 5.41) is 8.62. The number of nitrogens with zero attached hydrogens (tertiary/aromatic N) is 2. The van der Waals surface area contributed by atoms with E-state index in [1.165, 1.54) is 6.20 Å². The molecule has 0 aliphatic rings. The summed E-state index contributed by atoms with van der Waals surface area (Å²) in [5.74, 6) is 0.488. The van der Waals surface area contributed by atoms with E-state index in [0.29, 0.717) is 5.82 Å². The molecule has 78 valence electrons. The Balaban J connectivity index is 2.60. The first-order chi connectivity index (χ1) is 7.72. The highest BCUT2D eigenvalue weighted by atomic mass is 16.1. The molecule has 0 atom stereocenters. The topological polar surface area (TPSA) is 69.5 Å². The third kappa shape index (κ3) is 1.71. The molecule has 0 aliphatic heterocycles. The molecule has 0 aliphatic carbocycles. The van der Waals surface area contributed by atoms with Crippen LogP contribution in [0.5, 0.6) is 0 Å². The van der Waals surface area contributed by atoms with Crippen molar-refractivity contribution < 1.29 is 0 Å². The second kappa shape index (κ2) is 3.99. The molecule has 0 saturated heterocycles. The summed E-state index contributed by atoms with van der Waals surface area (Å²) in [6.45, 7) is 1.94. The Hall–Kier alpha value is -2.41. The van der Waals surface area contributed by atoms with Crippen LogP contribution in [0.3, 0.4) is 0 Å². The molecule has 0 bridgehead atoms. The molecule has 4 heteroatoms. The van der Waals surface area contributed by atoms with E-state index in [-0.39, 0.29) is 5.56 Å². The SMILES string of the molecule is Cc1ccccc1-c1ncc(C#N)c(=O)[nH]1. The Morgan fingerprint density at radius 1 is 1.38 bits per heavy atom. The highest BCUT2D eigenvalue weighted by molar-refractivity contribution is 5.59. The largest absolute Gasteiger partial charge is 0.305 e. The van der Waals surface area contributed by atoms with Crippen molar-refractivity contribution in [2.45, 2.75) is 6.92 Å². The summed E-state index contributed by atoms with van der Waals surface area (Å²) < 4.78 is 0. The van der Waals surface area contributed by atoms with Crippen molar-refractivity contribution in [2.75, 3.05) is 0 Å². The van der Waals surface area contributed by atoms with Crippen LogP contribution in [0.25, 0.3) is 11.4 Å². The van der Waals surface area contributed by atoms with E-state index in [1.54, 1.807) is 6.07 Å². The van der Waals surface area contributed by atoms with Crippen LogP contribution in [0.2, 0.25) is 0 Å². The Morgan fingerprint density at radius 2 is 2.12 bits per heavy atom. The lowest BCUT2D eigenvalue weighted by Gasteiger charge is -2.03. The Kier molecular flexibility index (Phi) is 2.52. The molecule has 1 aromatic heterocycles. The highest BCUT2D eigenvalue weighted by Crippen LogP contribution is 2.17. The summed E-state index contributed by atoms with van der Waals surface area (Å²) in [5.41, 5.74) is 1.51. The number of aromatic nitrogens is 2. The molecule has 0 spiro atoms. The predicted molar refractivity (Wildman–Crippen MR) is 59.7 cm³/mol. The first kappa shape index (κ1) is 10.1. The minimum atomic E-state index is -0.407. The Bertz CT molecular complexity index is 623. The number of hydrogen-bond acceptors (Lipinski definition) is 3. The molecule has 1 heterocycles. The van der Waals surface area contributed by atoms with Crippen molar-refractivity contribution in [1.29, 1.82) is 5.26 Å². The minimum absolute atomic E-state index is 0.0253. The average Bonchev–Trinajstić information content (AvgIpc) is 2.29. The van der Waals surface area contributed by atoms with Gasteiger partial charge in [-0.3, -0.25) is 4.79 Å². The van der Waals surface area contributed by atoms with Crippen molar-refractivity contribution in [3.8, 4) is 17.5 Å². The zero-order valence-electron chi connectivity index (χ0n) is 8.69. The molecule has 0 fully saturated rings. The first-order valence-electron chi connectivity index (χ1n) is 4.78. The van der Waals surface area contributed by atoms with Crippen molar-refractivity contribution in [2.24, 2.45) is 0 Å². The molecule has 4 nitrogen and oxygen atoms in total. The number of benzene rings is 1. The molecule has 0 amide bonds. The standard InChI is InChI=1S/C12H9N3O/c1-8-4-2-3-5-10(8)11-14-7-9(6-13)12(16)15-11/h2-5,7H,1H3,(H,14,15,16). The van der Waals surface area contributed by atoms with E-state index >= 15 is 0 Å². The molecule has 16 heavy (non-hydrogen) atoms. The lowest BCUT2D eigenvalue weighted by Crippen LogP contribution is -2.12. The summed E-state index contributed by atoms with van der Waals surface area (Å²) in [6.07, 6.45) is 1.29. The number of aryl methyl sites for hydroxylation is 1. The van der Waals surface area contributed by atoms with Gasteiger partial charge in [0.2, 0.25) is 0 Å². The zero-order valence-corrected chi connectivity index (χ0v) is 8.69. The average molecular weight is 211 g/mol. The maximum atomic E-state index is 11.4. The monoisotopic (exact) mass is 211 g/mol. The van der Waals surface area contributed by atoms with Gasteiger partial charge in [0, 0.05) is 5.56 Å². The van der Waals surface area contributed by atoms with Crippen LogP contribution in [0.1, 0.15) is 11.1 Å². The van der Waals surface area contributed by atoms with Gasteiger partial charge in [-0.05, 0) is 12.5 Å². The van der Waals surface area contributed by atoms with Gasteiger partial charge in [-0.2, -0.15) is 5.26 Å². The molecule has 0 saturated carbocycles. The molecule has 0 unspecified atom stereocenters. The molecular weight excluding hydrogens is 202 g/mol. The van der Waals surface area contributed by atoms with Crippen LogP contribution in [0.4, 0.5) is 0 Å². The quantitative estimate of drug-likeness (QED) is 0.779. The second-order valence-corrected chi connectivity index (χ2v) is 3.40. The van der Waals surface area contributed by atoms with E-state index in [1.807, 2.05) is 31.2 Å². The van der Waals surface area contributed by atoms with Gasteiger partial charge in [-0.15, -0.1) is 0 Å². The van der Waals surface area contributed by atoms with Crippen LogP contribution in [-0.4, -0.2) is 9.97 Å². The number of H-pyrrole nitrogens is 1. The van der Waals surface area contributed by atoms with Gasteiger partial charge in [0.25, 0.3) is 5.56 Å². The maximum absolute atomic E-state index is 11.4. The van der Waals surface area contributed by atoms with Crippen molar-refractivity contribution in [3.05, 3.63) is 51.9 Å². The first-order valence-corrected chi connectivity index (χ1v) is 4.78. The molecule has 2 aromatic rings. The molecule has 1 N–H and O–H groups in total. The van der Waals surface area contributed by atoms with Gasteiger partial charge in [0.15, 0.2) is 0 Å². The van der Waals surface area contributed by atoms with E-state index in [4.69, 9.17) is 5.26 Å². The van der Waals surface area contributed by atoms with E-state index in [9.17, 15) is 4.79 Å². The summed E-state index contributed by atoms with van der Waals surface area (Å²) in [4.78, 5) is 18.1. The predicted octanol–water partition coefficient (Wildman–Crippen LogP) is 1.62. The van der Waals surface area contributed by atoms with Crippen LogP contribution in [0, 0.1) is 18.3 Å². The maximum Gasteiger partial charge on any atom is 0.269 e. The van der Waals surface area contributed by atoms with Gasteiger partial charge < -0.3 is 4.98 Å². The zero-order chi connectivity index (χ0) is 11.5. The number of rotatable bonds is 1. The van der Waals surface area contributed by atoms with E-state index < -0.39 is 5.56 Å². The van der Waals surface area contributed by atoms with Gasteiger partial charge in [-0.25, -0.2) is 4.98 Å². The van der Waals surface area contributed by atoms with Crippen LogP contribution < -0.4 is 5.56 Å². The fourth-order valence-electron chi connectivity index (χ4n) is 1.45. The van der Waals surface area contributed by atoms with Crippen LogP contribution in [0.15, 0.2) is 35.3 Å². The lowest BCUT2D eigenvalue weighted by atomic mass is 10.1. The van der Waals surface area contributed by atoms with Crippen molar-refractivity contribution >= 4 is 0 Å². The second-order valence-electron chi connectivity index (χ2n) is 3.40. The smallest absolute Gasteiger partial charge is 0.269 e. The fourth-order valence-corrected chi connectivity index (χ4v) is 1.45. The number of aromatic amines is 1. The molecule has 1 aromatic carbocycles. The Labute approximate surface area is 92.2 Å². The normalized spacial score (nSPS) is 9.75. The summed E-state index contributed by atoms with van der Waals surface area (Å²) in [6, 6.07) is 9.39. The molecular formula is C12H9N3O. The summed E-state index contributed by atoms with van der Waals surface area (Å²) >= 11 is 0.